The van der Waals surface area contributed by atoms with E-state index >= 15 is 0 Å². The van der Waals surface area contributed by atoms with Crippen LogP contribution >= 0.6 is 7.82 Å². The molecule has 0 heterocycles. The van der Waals surface area contributed by atoms with Crippen molar-refractivity contribution in [2.24, 2.45) is 0 Å². The number of quaternary nitrogens is 1. The molecule has 0 saturated carbocycles. The molecule has 0 saturated heterocycles. The van der Waals surface area contributed by atoms with Gasteiger partial charge >= 0.3 is 11.9 Å². The molecule has 0 aliphatic heterocycles. The van der Waals surface area contributed by atoms with Gasteiger partial charge in [-0.3, -0.25) is 14.2 Å². The summed E-state index contributed by atoms with van der Waals surface area (Å²) in [6.45, 7) is 4.11. The van der Waals surface area contributed by atoms with Crippen molar-refractivity contribution < 1.29 is 42.1 Å². The predicted octanol–water partition coefficient (Wildman–Crippen LogP) is 16.8. The molecule has 2 atom stereocenters. The minimum absolute atomic E-state index is 0.0323. The number of hydrogen-bond donors (Lipinski definition) is 0. The van der Waals surface area contributed by atoms with Gasteiger partial charge in [0.1, 0.15) is 19.8 Å². The summed E-state index contributed by atoms with van der Waals surface area (Å²) in [6, 6.07) is 0. The average Bonchev–Trinajstić information content (AvgIpc) is 3.32. The second-order valence-electron chi connectivity index (χ2n) is 19.9. The van der Waals surface area contributed by atoms with Gasteiger partial charge in [0.15, 0.2) is 6.10 Å². The Morgan fingerprint density at radius 2 is 0.814 bits per heavy atom. The second kappa shape index (κ2) is 51.1. The summed E-state index contributed by atoms with van der Waals surface area (Å²) in [5.41, 5.74) is 0. The van der Waals surface area contributed by atoms with Crippen LogP contribution in [0.5, 0.6) is 0 Å². The number of allylic oxidation sites excluding steroid dienone is 14. The van der Waals surface area contributed by atoms with Gasteiger partial charge in [0, 0.05) is 12.8 Å². The number of carbonyl (C=O) groups is 2. The van der Waals surface area contributed by atoms with E-state index < -0.39 is 26.5 Å². The van der Waals surface area contributed by atoms with Gasteiger partial charge in [-0.2, -0.15) is 0 Å². The molecule has 10 heteroatoms. The lowest BCUT2D eigenvalue weighted by Gasteiger charge is -2.28. The van der Waals surface area contributed by atoms with Gasteiger partial charge in [-0.25, -0.2) is 0 Å². The average molecular weight is 1000 g/mol. The zero-order valence-electron chi connectivity index (χ0n) is 45.7. The van der Waals surface area contributed by atoms with Crippen LogP contribution < -0.4 is 4.89 Å². The fourth-order valence-corrected chi connectivity index (χ4v) is 8.31. The summed E-state index contributed by atoms with van der Waals surface area (Å²) in [5, 5.41) is 0. The standard InChI is InChI=1S/C60H106NO8P/c1-6-8-10-12-14-16-18-19-20-21-22-23-24-25-26-27-28-29-30-31-32-33-34-35-36-37-38-39-40-41-43-45-47-49-51-53-60(63)69-58(57-68-70(64,65)67-55-54-61(3,4)5)56-66-59(62)52-50-48-46-44-42-17-15-13-11-9-7-2/h8,10,14,16,19-20,22-23,25-26,28-29,31-32,58H,6-7,9,11-13,15,17-18,21,24,27,30,33-57H2,1-5H3/b10-8-,16-14-,20-19-,23-22-,26-25-,29-28-,32-31-. The number of hydrogen-bond acceptors (Lipinski definition) is 8. The summed E-state index contributed by atoms with van der Waals surface area (Å²) < 4.78 is 34.0. The zero-order valence-corrected chi connectivity index (χ0v) is 46.6. The molecule has 0 rings (SSSR count). The third-order valence-corrected chi connectivity index (χ3v) is 12.9. The van der Waals surface area contributed by atoms with Crippen LogP contribution in [0.15, 0.2) is 85.1 Å². The largest absolute Gasteiger partial charge is 0.756 e. The third-order valence-electron chi connectivity index (χ3n) is 11.9. The van der Waals surface area contributed by atoms with Gasteiger partial charge in [-0.05, 0) is 70.6 Å². The summed E-state index contributed by atoms with van der Waals surface area (Å²) in [7, 11) is 1.16. The summed E-state index contributed by atoms with van der Waals surface area (Å²) >= 11 is 0. The Kier molecular flexibility index (Phi) is 49.1. The van der Waals surface area contributed by atoms with Crippen molar-refractivity contribution >= 4 is 19.8 Å². The van der Waals surface area contributed by atoms with Crippen LogP contribution in [0.25, 0.3) is 0 Å². The molecule has 0 aromatic carbocycles. The summed E-state index contributed by atoms with van der Waals surface area (Å²) in [5.74, 6) is -0.834. The van der Waals surface area contributed by atoms with Gasteiger partial charge in [-0.1, -0.05) is 234 Å². The van der Waals surface area contributed by atoms with Crippen molar-refractivity contribution in [2.75, 3.05) is 47.5 Å². The maximum Gasteiger partial charge on any atom is 0.306 e. The van der Waals surface area contributed by atoms with E-state index in [1.165, 1.54) is 116 Å². The molecule has 2 unspecified atom stereocenters. The topological polar surface area (TPSA) is 111 Å². The molecule has 0 aromatic heterocycles. The number of likely N-dealkylation sites (N-methyl/N-ethyl adjacent to an activating group) is 1. The van der Waals surface area contributed by atoms with Gasteiger partial charge in [-0.15, -0.1) is 0 Å². The molecule has 70 heavy (non-hydrogen) atoms. The first-order chi connectivity index (χ1) is 34.0. The first-order valence-corrected chi connectivity index (χ1v) is 29.8. The molecular weight excluding hydrogens is 894 g/mol. The number of unbranched alkanes of at least 4 members (excludes halogenated alkanes) is 23. The Labute approximate surface area is 431 Å². The molecule has 0 amide bonds. The van der Waals surface area contributed by atoms with Crippen molar-refractivity contribution in [3.8, 4) is 0 Å². The van der Waals surface area contributed by atoms with E-state index in [9.17, 15) is 19.0 Å². The van der Waals surface area contributed by atoms with E-state index in [0.29, 0.717) is 17.4 Å². The molecule has 9 nitrogen and oxygen atoms in total. The van der Waals surface area contributed by atoms with Crippen molar-refractivity contribution in [3.05, 3.63) is 85.1 Å². The zero-order chi connectivity index (χ0) is 51.3. The van der Waals surface area contributed by atoms with Gasteiger partial charge in [0.2, 0.25) is 0 Å². The van der Waals surface area contributed by atoms with Crippen LogP contribution in [0.4, 0.5) is 0 Å². The quantitative estimate of drug-likeness (QED) is 0.0195. The van der Waals surface area contributed by atoms with E-state index in [1.54, 1.807) is 0 Å². The Hall–Kier alpha value is -2.81. The summed E-state index contributed by atoms with van der Waals surface area (Å²) in [6.07, 6.45) is 67.8. The minimum Gasteiger partial charge on any atom is -0.756 e. The highest BCUT2D eigenvalue weighted by atomic mass is 31.2. The highest BCUT2D eigenvalue weighted by Crippen LogP contribution is 2.38. The molecule has 0 fully saturated rings. The van der Waals surface area contributed by atoms with Gasteiger partial charge in [0.05, 0.1) is 27.7 Å². The van der Waals surface area contributed by atoms with Crippen LogP contribution in [0.2, 0.25) is 0 Å². The Morgan fingerprint density at radius 1 is 0.457 bits per heavy atom. The van der Waals surface area contributed by atoms with Gasteiger partial charge < -0.3 is 27.9 Å². The van der Waals surface area contributed by atoms with Crippen LogP contribution in [0, 0.1) is 0 Å². The molecule has 0 N–H and O–H groups in total. The first kappa shape index (κ1) is 67.2. The van der Waals surface area contributed by atoms with Crippen LogP contribution in [-0.4, -0.2) is 70.0 Å². The van der Waals surface area contributed by atoms with Crippen molar-refractivity contribution in [1.29, 1.82) is 0 Å². The van der Waals surface area contributed by atoms with Gasteiger partial charge in [0.25, 0.3) is 7.82 Å². The normalized spacial score (nSPS) is 14.0. The Bertz CT molecular complexity index is 1460. The highest BCUT2D eigenvalue weighted by molar-refractivity contribution is 7.45. The second-order valence-corrected chi connectivity index (χ2v) is 21.3. The lowest BCUT2D eigenvalue weighted by molar-refractivity contribution is -0.870. The van der Waals surface area contributed by atoms with E-state index in [4.69, 9.17) is 18.5 Å². The molecule has 404 valence electrons. The summed E-state index contributed by atoms with van der Waals surface area (Å²) in [4.78, 5) is 37.7. The fraction of sp³-hybridized carbons (Fsp3) is 0.733. The number of nitrogens with zero attached hydrogens (tertiary/aromatic N) is 1. The van der Waals surface area contributed by atoms with E-state index in [1.807, 2.05) is 21.1 Å². The smallest absolute Gasteiger partial charge is 0.306 e. The van der Waals surface area contributed by atoms with E-state index in [0.717, 1.165) is 83.5 Å². The number of phosphoric acid groups is 1. The van der Waals surface area contributed by atoms with E-state index in [-0.39, 0.29) is 32.0 Å². The van der Waals surface area contributed by atoms with Crippen LogP contribution in [0.3, 0.4) is 0 Å². The Balaban J connectivity index is 4.04. The molecule has 0 aliphatic carbocycles. The maximum absolute atomic E-state index is 12.8. The minimum atomic E-state index is -4.63. The van der Waals surface area contributed by atoms with Crippen molar-refractivity contribution in [3.63, 3.8) is 0 Å². The molecule has 0 aromatic rings. The molecule has 0 aliphatic rings. The lowest BCUT2D eigenvalue weighted by Crippen LogP contribution is -2.37. The predicted molar refractivity (Wildman–Crippen MR) is 296 cm³/mol. The third kappa shape index (κ3) is 54.5. The number of carbonyl (C=O) groups excluding carboxylic acids is 2. The molecule has 0 spiro atoms. The van der Waals surface area contributed by atoms with Crippen molar-refractivity contribution in [1.82, 2.24) is 0 Å². The van der Waals surface area contributed by atoms with Crippen molar-refractivity contribution in [2.45, 2.75) is 238 Å². The van der Waals surface area contributed by atoms with Crippen LogP contribution in [-0.2, 0) is 32.7 Å². The van der Waals surface area contributed by atoms with E-state index in [2.05, 4.69) is 98.9 Å². The number of phosphoric ester groups is 1. The van der Waals surface area contributed by atoms with Crippen LogP contribution in [0.1, 0.15) is 232 Å². The number of esters is 2. The SMILES string of the molecule is CC/C=C\C/C=C\C/C=C\C/C=C\C/C=C\C/C=C\C/C=C\CCCCCCCCCCCCCCCC(=O)OC(COC(=O)CCCCCCCCCCCCC)COP(=O)([O-])OCC[N+](C)(C)C. The fourth-order valence-electron chi connectivity index (χ4n) is 7.58. The molecular formula is C60H106NO8P. The Morgan fingerprint density at radius 3 is 1.21 bits per heavy atom. The lowest BCUT2D eigenvalue weighted by atomic mass is 10.0. The number of ether oxygens (including phenoxy) is 2. The monoisotopic (exact) mass is 1000 g/mol. The highest BCUT2D eigenvalue weighted by Gasteiger charge is 2.21. The molecule has 0 radical (unpaired) electrons. The first-order valence-electron chi connectivity index (χ1n) is 28.3. The number of rotatable bonds is 51. The molecule has 0 bridgehead atoms. The maximum atomic E-state index is 12.8.